The lowest BCUT2D eigenvalue weighted by Crippen LogP contribution is -2.14. The Morgan fingerprint density at radius 2 is 2.05 bits per heavy atom. The first-order valence-corrected chi connectivity index (χ1v) is 6.01. The Balaban J connectivity index is 2.62. The second kappa shape index (κ2) is 5.19. The minimum atomic E-state index is -4.57. The minimum Gasteiger partial charge on any atom is -0.481 e. The van der Waals surface area contributed by atoms with Gasteiger partial charge < -0.3 is 5.11 Å². The van der Waals surface area contributed by atoms with Crippen molar-refractivity contribution in [2.24, 2.45) is 0 Å². The van der Waals surface area contributed by atoms with Crippen LogP contribution in [0.25, 0.3) is 5.82 Å². The minimum absolute atomic E-state index is 0.300. The van der Waals surface area contributed by atoms with Gasteiger partial charge in [0.1, 0.15) is 5.56 Å². The van der Waals surface area contributed by atoms with E-state index in [9.17, 15) is 18.0 Å². The van der Waals surface area contributed by atoms with Crippen LogP contribution in [0.4, 0.5) is 13.2 Å². The van der Waals surface area contributed by atoms with E-state index in [-0.39, 0.29) is 12.2 Å². The number of rotatable bonds is 3. The molecule has 1 N–H and O–H groups in total. The Morgan fingerprint density at radius 1 is 1.38 bits per heavy atom. The molecule has 0 saturated carbocycles. The van der Waals surface area contributed by atoms with Gasteiger partial charge in [-0.2, -0.15) is 18.3 Å². The molecule has 0 amide bonds. The number of aryl methyl sites for hydroxylation is 1. The molecule has 5 nitrogen and oxygen atoms in total. The van der Waals surface area contributed by atoms with Gasteiger partial charge >= 0.3 is 12.1 Å². The Bertz CT molecular complexity index is 692. The van der Waals surface area contributed by atoms with Gasteiger partial charge in [0.2, 0.25) is 0 Å². The van der Waals surface area contributed by atoms with Gasteiger partial charge in [0.25, 0.3) is 0 Å². The molecule has 2 aromatic rings. The van der Waals surface area contributed by atoms with Crippen LogP contribution in [0.15, 0.2) is 18.3 Å². The molecular formula is C13H12F3N3O2. The van der Waals surface area contributed by atoms with Gasteiger partial charge in [0.15, 0.2) is 5.82 Å². The normalized spacial score (nSPS) is 11.7. The van der Waals surface area contributed by atoms with Crippen LogP contribution >= 0.6 is 0 Å². The molecule has 0 fully saturated rings. The Morgan fingerprint density at radius 3 is 2.62 bits per heavy atom. The number of hydrogen-bond donors (Lipinski definition) is 1. The summed E-state index contributed by atoms with van der Waals surface area (Å²) in [6.45, 7) is 3.07. The molecule has 0 radical (unpaired) electrons. The van der Waals surface area contributed by atoms with Crippen molar-refractivity contribution in [3.05, 3.63) is 40.8 Å². The van der Waals surface area contributed by atoms with Gasteiger partial charge in [0, 0.05) is 17.5 Å². The highest BCUT2D eigenvalue weighted by Gasteiger charge is 2.35. The molecule has 2 aromatic heterocycles. The molecule has 0 aliphatic carbocycles. The Kier molecular flexibility index (Phi) is 3.71. The van der Waals surface area contributed by atoms with Gasteiger partial charge in [-0.05, 0) is 26.0 Å². The van der Waals surface area contributed by atoms with E-state index in [0.717, 1.165) is 10.7 Å². The van der Waals surface area contributed by atoms with Crippen LogP contribution in [-0.2, 0) is 17.4 Å². The number of carboxylic acids is 1. The van der Waals surface area contributed by atoms with E-state index >= 15 is 0 Å². The fourth-order valence-electron chi connectivity index (χ4n) is 2.08. The highest BCUT2D eigenvalue weighted by Crippen LogP contribution is 2.33. The fourth-order valence-corrected chi connectivity index (χ4v) is 2.08. The predicted octanol–water partition coefficient (Wildman–Crippen LogP) is 2.53. The number of carbonyl (C=O) groups is 1. The number of pyridine rings is 1. The van der Waals surface area contributed by atoms with Crippen molar-refractivity contribution in [2.75, 3.05) is 0 Å². The lowest BCUT2D eigenvalue weighted by Gasteiger charge is -2.12. The van der Waals surface area contributed by atoms with Crippen LogP contribution in [0, 0.1) is 13.8 Å². The molecule has 0 saturated heterocycles. The van der Waals surface area contributed by atoms with E-state index in [1.165, 1.54) is 19.2 Å². The van der Waals surface area contributed by atoms with Crippen molar-refractivity contribution in [3.8, 4) is 5.82 Å². The smallest absolute Gasteiger partial charge is 0.420 e. The van der Waals surface area contributed by atoms with Crippen LogP contribution in [0.5, 0.6) is 0 Å². The van der Waals surface area contributed by atoms with Gasteiger partial charge in [-0.25, -0.2) is 9.67 Å². The quantitative estimate of drug-likeness (QED) is 0.945. The summed E-state index contributed by atoms with van der Waals surface area (Å²) >= 11 is 0. The van der Waals surface area contributed by atoms with E-state index in [2.05, 4.69) is 10.1 Å². The number of hydrogen-bond acceptors (Lipinski definition) is 3. The third kappa shape index (κ3) is 2.88. The maximum atomic E-state index is 13.0. The number of alkyl halides is 3. The SMILES string of the molecule is Cc1nn(-c2ncccc2C(F)(F)F)c(C)c1CC(=O)O. The maximum absolute atomic E-state index is 13.0. The summed E-state index contributed by atoms with van der Waals surface area (Å²) < 4.78 is 40.1. The number of aromatic nitrogens is 3. The van der Waals surface area contributed by atoms with E-state index in [4.69, 9.17) is 5.11 Å². The van der Waals surface area contributed by atoms with Crippen molar-refractivity contribution in [3.63, 3.8) is 0 Å². The van der Waals surface area contributed by atoms with Gasteiger partial charge in [-0.15, -0.1) is 0 Å². The molecule has 21 heavy (non-hydrogen) atoms. The lowest BCUT2D eigenvalue weighted by molar-refractivity contribution is -0.138. The average molecular weight is 299 g/mol. The zero-order valence-electron chi connectivity index (χ0n) is 11.3. The molecule has 2 heterocycles. The highest BCUT2D eigenvalue weighted by atomic mass is 19.4. The number of nitrogens with zero attached hydrogens (tertiary/aromatic N) is 3. The second-order valence-corrected chi connectivity index (χ2v) is 4.50. The molecule has 0 aromatic carbocycles. The summed E-state index contributed by atoms with van der Waals surface area (Å²) in [5.41, 5.74) is 0.173. The third-order valence-electron chi connectivity index (χ3n) is 3.06. The summed E-state index contributed by atoms with van der Waals surface area (Å²) in [4.78, 5) is 14.6. The Labute approximate surface area is 118 Å². The van der Waals surface area contributed by atoms with Crippen LogP contribution < -0.4 is 0 Å². The van der Waals surface area contributed by atoms with Gasteiger partial charge in [-0.3, -0.25) is 4.79 Å². The summed E-state index contributed by atoms with van der Waals surface area (Å²) in [7, 11) is 0. The fraction of sp³-hybridized carbons (Fsp3) is 0.308. The molecule has 8 heteroatoms. The molecule has 0 atom stereocenters. The summed E-state index contributed by atoms with van der Waals surface area (Å²) in [5.74, 6) is -1.43. The lowest BCUT2D eigenvalue weighted by atomic mass is 10.1. The van der Waals surface area contributed by atoms with Crippen molar-refractivity contribution in [2.45, 2.75) is 26.4 Å². The van der Waals surface area contributed by atoms with Gasteiger partial charge in [-0.1, -0.05) is 0 Å². The van der Waals surface area contributed by atoms with Gasteiger partial charge in [0.05, 0.1) is 12.1 Å². The molecule has 0 unspecified atom stereocenters. The Hall–Kier alpha value is -2.38. The second-order valence-electron chi connectivity index (χ2n) is 4.50. The molecule has 0 spiro atoms. The third-order valence-corrected chi connectivity index (χ3v) is 3.06. The zero-order valence-corrected chi connectivity index (χ0v) is 11.3. The van der Waals surface area contributed by atoms with E-state index in [1.54, 1.807) is 6.92 Å². The monoisotopic (exact) mass is 299 g/mol. The van der Waals surface area contributed by atoms with Crippen molar-refractivity contribution < 1.29 is 23.1 Å². The topological polar surface area (TPSA) is 68.0 Å². The highest BCUT2D eigenvalue weighted by molar-refractivity contribution is 5.71. The van der Waals surface area contributed by atoms with E-state index < -0.39 is 17.7 Å². The van der Waals surface area contributed by atoms with Crippen molar-refractivity contribution >= 4 is 5.97 Å². The van der Waals surface area contributed by atoms with Crippen LogP contribution in [-0.4, -0.2) is 25.8 Å². The van der Waals surface area contributed by atoms with E-state index in [0.29, 0.717) is 17.0 Å². The number of aliphatic carboxylic acids is 1. The summed E-state index contributed by atoms with van der Waals surface area (Å²) in [6, 6.07) is 2.10. The average Bonchev–Trinajstić information content (AvgIpc) is 2.65. The number of carboxylic acid groups (broad SMARTS) is 1. The zero-order chi connectivity index (χ0) is 15.8. The van der Waals surface area contributed by atoms with Crippen LogP contribution in [0.1, 0.15) is 22.5 Å². The van der Waals surface area contributed by atoms with Crippen LogP contribution in [0.2, 0.25) is 0 Å². The molecular weight excluding hydrogens is 287 g/mol. The first-order chi connectivity index (χ1) is 9.71. The molecule has 0 aliphatic heterocycles. The number of halogens is 3. The first-order valence-electron chi connectivity index (χ1n) is 6.01. The summed E-state index contributed by atoms with van der Waals surface area (Å²) in [6.07, 6.45) is -3.63. The van der Waals surface area contributed by atoms with E-state index in [1.807, 2.05) is 0 Å². The predicted molar refractivity (Wildman–Crippen MR) is 67.2 cm³/mol. The van der Waals surface area contributed by atoms with Crippen molar-refractivity contribution in [1.29, 1.82) is 0 Å². The largest absolute Gasteiger partial charge is 0.481 e. The maximum Gasteiger partial charge on any atom is 0.420 e. The summed E-state index contributed by atoms with van der Waals surface area (Å²) in [5, 5.41) is 12.8. The molecule has 2 rings (SSSR count). The molecule has 0 bridgehead atoms. The molecule has 0 aliphatic rings. The molecule has 112 valence electrons. The van der Waals surface area contributed by atoms with Crippen LogP contribution in [0.3, 0.4) is 0 Å². The first kappa shape index (κ1) is 15.0. The van der Waals surface area contributed by atoms with Crippen molar-refractivity contribution in [1.82, 2.24) is 14.8 Å². The standard InChI is InChI=1S/C13H12F3N3O2/c1-7-9(6-11(20)21)8(2)19(18-7)12-10(13(14,15)16)4-3-5-17-12/h3-5H,6H2,1-2H3,(H,20,21).